The first-order chi connectivity index (χ1) is 19.7. The number of carbonyl (C=O) groups is 2. The zero-order valence-corrected chi connectivity index (χ0v) is 23.4. The molecule has 212 valence electrons. The van der Waals surface area contributed by atoms with E-state index >= 15 is 0 Å². The van der Waals surface area contributed by atoms with Gasteiger partial charge in [0, 0.05) is 47.7 Å². The van der Waals surface area contributed by atoms with Gasteiger partial charge < -0.3 is 29.5 Å². The molecule has 0 atom stereocenters. The summed E-state index contributed by atoms with van der Waals surface area (Å²) in [4.78, 5) is 46.8. The lowest BCUT2D eigenvalue weighted by Crippen LogP contribution is -2.29. The summed E-state index contributed by atoms with van der Waals surface area (Å²) in [6.07, 6.45) is 0.412. The molecule has 2 heterocycles. The standard InChI is InChI=1S/C31H32N4O6/c1-5-39-31(38)20-8-13-24-25(16-20)33-30(37)28(24)29(19-6-7-21-18-40-41-26(21)17-19)32-22-9-11-23(12-10-22)35(4)27(36)14-15-34(2)3/h6-13,16-17,33,37H,5,14-15,18H2,1-4H3. The molecule has 0 spiro atoms. The SMILES string of the molecule is CCOC(=O)c1ccc2c(C(=Nc3ccc(N(C)C(=O)CCN(C)C)cc3)c3ccc4c(c3)OOC4)c(O)[nH]c2c1. The highest BCUT2D eigenvalue weighted by molar-refractivity contribution is 6.22. The van der Waals surface area contributed by atoms with Crippen molar-refractivity contribution in [3.8, 4) is 11.6 Å². The van der Waals surface area contributed by atoms with Crippen LogP contribution in [0.5, 0.6) is 11.6 Å². The van der Waals surface area contributed by atoms with Crippen molar-refractivity contribution in [2.75, 3.05) is 39.2 Å². The second-order valence-corrected chi connectivity index (χ2v) is 9.98. The first kappa shape index (κ1) is 27.9. The molecule has 0 unspecified atom stereocenters. The first-order valence-electron chi connectivity index (χ1n) is 13.3. The Bertz CT molecular complexity index is 1620. The number of fused-ring (bicyclic) bond motifs is 2. The number of aliphatic imine (C=N–C) groups is 1. The number of carbonyl (C=O) groups excluding carboxylic acids is 2. The number of aromatic nitrogens is 1. The molecule has 2 N–H and O–H groups in total. The van der Waals surface area contributed by atoms with Crippen LogP contribution in [0.3, 0.4) is 0 Å². The highest BCUT2D eigenvalue weighted by Gasteiger charge is 2.23. The zero-order valence-electron chi connectivity index (χ0n) is 23.4. The predicted molar refractivity (Wildman–Crippen MR) is 156 cm³/mol. The highest BCUT2D eigenvalue weighted by Crippen LogP contribution is 2.35. The van der Waals surface area contributed by atoms with Gasteiger partial charge in [-0.15, -0.1) is 0 Å². The maximum atomic E-state index is 12.6. The van der Waals surface area contributed by atoms with Gasteiger partial charge in [0.15, 0.2) is 11.6 Å². The van der Waals surface area contributed by atoms with Gasteiger partial charge in [-0.25, -0.2) is 9.79 Å². The van der Waals surface area contributed by atoms with Gasteiger partial charge in [0.1, 0.15) is 6.61 Å². The van der Waals surface area contributed by atoms with Crippen molar-refractivity contribution in [2.45, 2.75) is 20.0 Å². The van der Waals surface area contributed by atoms with Gasteiger partial charge in [0.25, 0.3) is 0 Å². The van der Waals surface area contributed by atoms with E-state index in [1.165, 1.54) is 0 Å². The minimum atomic E-state index is -0.444. The fourth-order valence-corrected chi connectivity index (χ4v) is 4.60. The van der Waals surface area contributed by atoms with Gasteiger partial charge in [-0.3, -0.25) is 4.79 Å². The average molecular weight is 557 g/mol. The number of anilines is 1. The maximum Gasteiger partial charge on any atom is 0.338 e. The van der Waals surface area contributed by atoms with E-state index in [0.29, 0.717) is 64.3 Å². The number of amides is 1. The molecule has 0 aliphatic carbocycles. The normalized spacial score (nSPS) is 12.9. The Kier molecular flexibility index (Phi) is 8.04. The number of aromatic hydroxyl groups is 1. The van der Waals surface area contributed by atoms with Gasteiger partial charge in [0.05, 0.1) is 29.1 Å². The summed E-state index contributed by atoms with van der Waals surface area (Å²) in [6, 6.07) is 18.0. The summed E-state index contributed by atoms with van der Waals surface area (Å²) in [5.74, 6) is 0.0504. The number of nitrogens with one attached hydrogen (secondary N) is 1. The summed E-state index contributed by atoms with van der Waals surface area (Å²) in [5, 5.41) is 11.8. The topological polar surface area (TPSA) is 117 Å². The second-order valence-electron chi connectivity index (χ2n) is 9.98. The molecule has 1 aliphatic rings. The van der Waals surface area contributed by atoms with Crippen LogP contribution in [-0.4, -0.2) is 66.9 Å². The van der Waals surface area contributed by atoms with E-state index in [0.717, 1.165) is 11.3 Å². The summed E-state index contributed by atoms with van der Waals surface area (Å²) in [6.45, 7) is 3.02. The Balaban J connectivity index is 1.55. The number of rotatable bonds is 9. The maximum absolute atomic E-state index is 12.6. The van der Waals surface area contributed by atoms with Crippen molar-refractivity contribution in [1.82, 2.24) is 9.88 Å². The molecule has 4 aromatic rings. The van der Waals surface area contributed by atoms with Crippen LogP contribution in [0.1, 0.15) is 40.4 Å². The molecule has 0 bridgehead atoms. The van der Waals surface area contributed by atoms with Crippen LogP contribution in [0.2, 0.25) is 0 Å². The van der Waals surface area contributed by atoms with Crippen LogP contribution in [0.4, 0.5) is 11.4 Å². The summed E-state index contributed by atoms with van der Waals surface area (Å²) >= 11 is 0. The van der Waals surface area contributed by atoms with Crippen molar-refractivity contribution in [3.05, 3.63) is 82.9 Å². The Morgan fingerprint density at radius 3 is 2.51 bits per heavy atom. The van der Waals surface area contributed by atoms with E-state index in [1.807, 2.05) is 61.5 Å². The quantitative estimate of drug-likeness (QED) is 0.170. The van der Waals surface area contributed by atoms with Crippen LogP contribution in [0.25, 0.3) is 10.9 Å². The van der Waals surface area contributed by atoms with Gasteiger partial charge >= 0.3 is 5.97 Å². The number of esters is 1. The lowest BCUT2D eigenvalue weighted by Gasteiger charge is -2.19. The first-order valence-corrected chi connectivity index (χ1v) is 13.3. The predicted octanol–water partition coefficient (Wildman–Crippen LogP) is 4.96. The van der Waals surface area contributed by atoms with Crippen molar-refractivity contribution < 1.29 is 29.2 Å². The molecule has 0 saturated carbocycles. The molecule has 1 amide bonds. The minimum absolute atomic E-state index is 0.0157. The van der Waals surface area contributed by atoms with E-state index in [-0.39, 0.29) is 18.4 Å². The number of benzene rings is 3. The molecule has 0 radical (unpaired) electrons. The van der Waals surface area contributed by atoms with Crippen LogP contribution < -0.4 is 9.79 Å². The van der Waals surface area contributed by atoms with Crippen molar-refractivity contribution in [2.24, 2.45) is 4.99 Å². The van der Waals surface area contributed by atoms with Gasteiger partial charge in [-0.1, -0.05) is 18.2 Å². The van der Waals surface area contributed by atoms with E-state index in [9.17, 15) is 14.7 Å². The number of nitrogens with zero attached hydrogens (tertiary/aromatic N) is 3. The third-order valence-corrected chi connectivity index (χ3v) is 6.86. The van der Waals surface area contributed by atoms with E-state index < -0.39 is 5.97 Å². The number of ether oxygens (including phenoxy) is 1. The molecule has 0 saturated heterocycles. The molecule has 41 heavy (non-hydrogen) atoms. The van der Waals surface area contributed by atoms with Crippen LogP contribution in [0.15, 0.2) is 65.7 Å². The fourth-order valence-electron chi connectivity index (χ4n) is 4.60. The summed E-state index contributed by atoms with van der Waals surface area (Å²) in [7, 11) is 5.62. The minimum Gasteiger partial charge on any atom is -0.494 e. The molecule has 0 fully saturated rings. The number of H-pyrrole nitrogens is 1. The van der Waals surface area contributed by atoms with Gasteiger partial charge in [0.2, 0.25) is 5.91 Å². The Hall–Kier alpha value is -4.67. The molecule has 5 rings (SSSR count). The Labute approximate surface area is 237 Å². The lowest BCUT2D eigenvalue weighted by atomic mass is 9.98. The van der Waals surface area contributed by atoms with E-state index in [4.69, 9.17) is 19.5 Å². The third-order valence-electron chi connectivity index (χ3n) is 6.86. The van der Waals surface area contributed by atoms with Crippen molar-refractivity contribution in [1.29, 1.82) is 0 Å². The largest absolute Gasteiger partial charge is 0.494 e. The van der Waals surface area contributed by atoms with Crippen molar-refractivity contribution >= 4 is 39.9 Å². The number of hydrogen-bond donors (Lipinski definition) is 2. The fraction of sp³-hybridized carbons (Fsp3) is 0.258. The lowest BCUT2D eigenvalue weighted by molar-refractivity contribution is -0.194. The third kappa shape index (κ3) is 5.93. The van der Waals surface area contributed by atoms with E-state index in [1.54, 1.807) is 37.1 Å². The Morgan fingerprint density at radius 2 is 1.78 bits per heavy atom. The Morgan fingerprint density at radius 1 is 1.02 bits per heavy atom. The smallest absolute Gasteiger partial charge is 0.338 e. The van der Waals surface area contributed by atoms with E-state index in [2.05, 4.69) is 4.98 Å². The molecule has 10 nitrogen and oxygen atoms in total. The zero-order chi connectivity index (χ0) is 29.1. The monoisotopic (exact) mass is 556 g/mol. The van der Waals surface area contributed by atoms with Crippen LogP contribution in [0, 0.1) is 0 Å². The number of aromatic amines is 1. The van der Waals surface area contributed by atoms with Gasteiger partial charge in [-0.2, -0.15) is 4.89 Å². The van der Waals surface area contributed by atoms with Gasteiger partial charge in [-0.05, 0) is 63.5 Å². The summed E-state index contributed by atoms with van der Waals surface area (Å²) < 4.78 is 5.13. The number of hydrogen-bond acceptors (Lipinski definition) is 8. The molecular formula is C31H32N4O6. The second kappa shape index (κ2) is 11.8. The molecular weight excluding hydrogens is 524 g/mol. The average Bonchev–Trinajstić information content (AvgIpc) is 3.57. The molecule has 3 aromatic carbocycles. The summed E-state index contributed by atoms with van der Waals surface area (Å²) in [5.41, 5.74) is 4.85. The van der Waals surface area contributed by atoms with Crippen LogP contribution in [-0.2, 0) is 21.0 Å². The highest BCUT2D eigenvalue weighted by atomic mass is 17.2. The van der Waals surface area contributed by atoms with Crippen LogP contribution >= 0.6 is 0 Å². The molecule has 10 heteroatoms. The molecule has 1 aromatic heterocycles. The molecule has 1 aliphatic heterocycles. The van der Waals surface area contributed by atoms with Crippen molar-refractivity contribution in [3.63, 3.8) is 0 Å².